The van der Waals surface area contributed by atoms with Gasteiger partial charge in [-0.25, -0.2) is 0 Å². The summed E-state index contributed by atoms with van der Waals surface area (Å²) in [5, 5.41) is 11.1. The van der Waals surface area contributed by atoms with Crippen LogP contribution in [0.1, 0.15) is 60.3 Å². The molecule has 0 heterocycles. The number of halogens is 1. The van der Waals surface area contributed by atoms with Gasteiger partial charge in [-0.1, -0.05) is 49.5 Å². The summed E-state index contributed by atoms with van der Waals surface area (Å²) in [6.07, 6.45) is 4.97. The SMILES string of the molecule is CCCC(CBr)(CCC)CN(CC)CC(C)(C)O. The Morgan fingerprint density at radius 2 is 1.50 bits per heavy atom. The first-order chi connectivity index (χ1) is 8.32. The average molecular weight is 322 g/mol. The van der Waals surface area contributed by atoms with Crippen molar-refractivity contribution in [3.05, 3.63) is 0 Å². The van der Waals surface area contributed by atoms with Crippen molar-refractivity contribution in [3.8, 4) is 0 Å². The fraction of sp³-hybridized carbons (Fsp3) is 1.00. The zero-order chi connectivity index (χ0) is 14.2. The van der Waals surface area contributed by atoms with Crippen molar-refractivity contribution in [2.45, 2.75) is 65.9 Å². The Hall–Kier alpha value is 0.400. The molecule has 0 aromatic heterocycles. The lowest BCUT2D eigenvalue weighted by atomic mass is 9.80. The lowest BCUT2D eigenvalue weighted by molar-refractivity contribution is 0.0221. The van der Waals surface area contributed by atoms with Crippen LogP contribution in [0.2, 0.25) is 0 Å². The van der Waals surface area contributed by atoms with Gasteiger partial charge in [0.05, 0.1) is 5.60 Å². The van der Waals surface area contributed by atoms with Gasteiger partial charge in [0.1, 0.15) is 0 Å². The summed E-state index contributed by atoms with van der Waals surface area (Å²) < 4.78 is 0. The fourth-order valence-corrected chi connectivity index (χ4v) is 3.56. The van der Waals surface area contributed by atoms with Gasteiger partial charge in [0.2, 0.25) is 0 Å². The molecule has 0 radical (unpaired) electrons. The Labute approximate surface area is 122 Å². The fourth-order valence-electron chi connectivity index (χ4n) is 2.82. The van der Waals surface area contributed by atoms with E-state index in [1.54, 1.807) is 0 Å². The average Bonchev–Trinajstić information content (AvgIpc) is 2.27. The molecule has 0 bridgehead atoms. The van der Waals surface area contributed by atoms with Gasteiger partial charge in [0.25, 0.3) is 0 Å². The Bertz CT molecular complexity index is 207. The highest BCUT2D eigenvalue weighted by Crippen LogP contribution is 2.33. The van der Waals surface area contributed by atoms with E-state index in [1.165, 1.54) is 25.7 Å². The second kappa shape index (κ2) is 8.55. The summed E-state index contributed by atoms with van der Waals surface area (Å²) in [7, 11) is 0. The minimum atomic E-state index is -0.605. The molecule has 0 spiro atoms. The first kappa shape index (κ1) is 18.4. The quantitative estimate of drug-likeness (QED) is 0.613. The summed E-state index contributed by atoms with van der Waals surface area (Å²) >= 11 is 3.72. The molecular weight excluding hydrogens is 290 g/mol. The third-order valence-electron chi connectivity index (χ3n) is 3.46. The maximum Gasteiger partial charge on any atom is 0.0718 e. The molecule has 1 N–H and O–H groups in total. The van der Waals surface area contributed by atoms with Gasteiger partial charge < -0.3 is 10.0 Å². The highest BCUT2D eigenvalue weighted by atomic mass is 79.9. The van der Waals surface area contributed by atoms with Crippen molar-refractivity contribution in [2.75, 3.05) is 25.0 Å². The van der Waals surface area contributed by atoms with Crippen molar-refractivity contribution >= 4 is 15.9 Å². The predicted octanol–water partition coefficient (Wildman–Crippen LogP) is 4.06. The van der Waals surface area contributed by atoms with E-state index in [1.807, 2.05) is 13.8 Å². The standard InChI is InChI=1S/C15H32BrNO/c1-6-9-15(11-16,10-7-2)13-17(8-3)12-14(4,5)18/h18H,6-13H2,1-5H3. The number of hydrogen-bond donors (Lipinski definition) is 1. The first-order valence-corrected chi connectivity index (χ1v) is 8.45. The van der Waals surface area contributed by atoms with Crippen molar-refractivity contribution in [3.63, 3.8) is 0 Å². The number of nitrogens with zero attached hydrogens (tertiary/aromatic N) is 1. The van der Waals surface area contributed by atoms with Gasteiger partial charge in [0, 0.05) is 18.4 Å². The van der Waals surface area contributed by atoms with Crippen LogP contribution in [0.5, 0.6) is 0 Å². The van der Waals surface area contributed by atoms with Crippen LogP contribution in [0.3, 0.4) is 0 Å². The highest BCUT2D eigenvalue weighted by Gasteiger charge is 2.30. The Balaban J connectivity index is 4.69. The molecule has 0 fully saturated rings. The molecule has 0 aliphatic heterocycles. The van der Waals surface area contributed by atoms with Gasteiger partial charge in [-0.2, -0.15) is 0 Å². The molecule has 0 aliphatic rings. The lowest BCUT2D eigenvalue weighted by Crippen LogP contribution is -2.45. The van der Waals surface area contributed by atoms with E-state index < -0.39 is 5.60 Å². The Morgan fingerprint density at radius 3 is 1.78 bits per heavy atom. The zero-order valence-electron chi connectivity index (χ0n) is 12.9. The number of aliphatic hydroxyl groups is 1. The zero-order valence-corrected chi connectivity index (χ0v) is 14.5. The third kappa shape index (κ3) is 7.10. The normalized spacial score (nSPS) is 13.3. The Kier molecular flexibility index (Phi) is 8.74. The van der Waals surface area contributed by atoms with E-state index in [4.69, 9.17) is 0 Å². The molecule has 0 saturated heterocycles. The van der Waals surface area contributed by atoms with E-state index in [0.29, 0.717) is 5.41 Å². The molecule has 110 valence electrons. The van der Waals surface area contributed by atoms with Crippen LogP contribution in [-0.2, 0) is 0 Å². The number of alkyl halides is 1. The monoisotopic (exact) mass is 321 g/mol. The van der Waals surface area contributed by atoms with E-state index >= 15 is 0 Å². The van der Waals surface area contributed by atoms with Crippen LogP contribution >= 0.6 is 15.9 Å². The van der Waals surface area contributed by atoms with Crippen molar-refractivity contribution in [1.82, 2.24) is 4.90 Å². The summed E-state index contributed by atoms with van der Waals surface area (Å²) in [5.41, 5.74) is -0.239. The van der Waals surface area contributed by atoms with Crippen molar-refractivity contribution < 1.29 is 5.11 Å². The molecule has 3 heteroatoms. The molecule has 0 aromatic rings. The second-order valence-electron chi connectivity index (χ2n) is 6.25. The Morgan fingerprint density at radius 1 is 1.00 bits per heavy atom. The summed E-state index contributed by atoms with van der Waals surface area (Å²) in [6, 6.07) is 0. The van der Waals surface area contributed by atoms with E-state index in [2.05, 4.69) is 41.6 Å². The minimum absolute atomic E-state index is 0.366. The second-order valence-corrected chi connectivity index (χ2v) is 6.81. The molecule has 0 aromatic carbocycles. The first-order valence-electron chi connectivity index (χ1n) is 7.33. The third-order valence-corrected chi connectivity index (χ3v) is 4.65. The number of likely N-dealkylation sites (N-methyl/N-ethyl adjacent to an activating group) is 1. The molecular formula is C15H32BrNO. The van der Waals surface area contributed by atoms with Crippen LogP contribution in [0.15, 0.2) is 0 Å². The lowest BCUT2D eigenvalue weighted by Gasteiger charge is -2.39. The van der Waals surface area contributed by atoms with Gasteiger partial charge in [-0.3, -0.25) is 0 Å². The molecule has 0 atom stereocenters. The minimum Gasteiger partial charge on any atom is -0.389 e. The summed E-state index contributed by atoms with van der Waals surface area (Å²) in [4.78, 5) is 2.40. The molecule has 0 unspecified atom stereocenters. The van der Waals surface area contributed by atoms with Crippen LogP contribution in [0, 0.1) is 5.41 Å². The highest BCUT2D eigenvalue weighted by molar-refractivity contribution is 9.09. The smallest absolute Gasteiger partial charge is 0.0718 e. The van der Waals surface area contributed by atoms with Crippen molar-refractivity contribution in [1.29, 1.82) is 0 Å². The molecule has 0 saturated carbocycles. The van der Waals surface area contributed by atoms with E-state index in [0.717, 1.165) is 25.0 Å². The molecule has 0 aliphatic carbocycles. The van der Waals surface area contributed by atoms with Crippen LogP contribution < -0.4 is 0 Å². The van der Waals surface area contributed by atoms with E-state index in [9.17, 15) is 5.11 Å². The maximum atomic E-state index is 10.00. The number of rotatable bonds is 10. The largest absolute Gasteiger partial charge is 0.389 e. The van der Waals surface area contributed by atoms with Crippen LogP contribution in [-0.4, -0.2) is 40.6 Å². The van der Waals surface area contributed by atoms with Gasteiger partial charge in [-0.05, 0) is 38.6 Å². The topological polar surface area (TPSA) is 23.5 Å². The van der Waals surface area contributed by atoms with Crippen LogP contribution in [0.4, 0.5) is 0 Å². The predicted molar refractivity (Wildman–Crippen MR) is 84.5 cm³/mol. The van der Waals surface area contributed by atoms with Gasteiger partial charge in [-0.15, -0.1) is 0 Å². The summed E-state index contributed by atoms with van der Waals surface area (Å²) in [6.45, 7) is 13.3. The van der Waals surface area contributed by atoms with Gasteiger partial charge in [0.15, 0.2) is 0 Å². The van der Waals surface area contributed by atoms with E-state index in [-0.39, 0.29) is 0 Å². The van der Waals surface area contributed by atoms with Gasteiger partial charge >= 0.3 is 0 Å². The van der Waals surface area contributed by atoms with Crippen molar-refractivity contribution in [2.24, 2.45) is 5.41 Å². The molecule has 18 heavy (non-hydrogen) atoms. The molecule has 0 rings (SSSR count). The molecule has 0 amide bonds. The maximum absolute atomic E-state index is 10.00. The molecule has 2 nitrogen and oxygen atoms in total. The van der Waals surface area contributed by atoms with Crippen LogP contribution in [0.25, 0.3) is 0 Å². The number of hydrogen-bond acceptors (Lipinski definition) is 2. The summed E-state index contributed by atoms with van der Waals surface area (Å²) in [5.74, 6) is 0.